The van der Waals surface area contributed by atoms with Gasteiger partial charge >= 0.3 is 0 Å². The molecule has 0 radical (unpaired) electrons. The maximum absolute atomic E-state index is 6.00. The van der Waals surface area contributed by atoms with Gasteiger partial charge in [-0.15, -0.1) is 0 Å². The molecule has 0 heterocycles. The molecule has 0 unspecified atom stereocenters. The van der Waals surface area contributed by atoms with E-state index in [1.54, 1.807) is 0 Å². The molecule has 0 aromatic heterocycles. The molecule has 3 aromatic carbocycles. The quantitative estimate of drug-likeness (QED) is 0.485. The molecule has 0 saturated heterocycles. The number of hydrogen-bond acceptors (Lipinski definition) is 2. The molecule has 3 aromatic rings. The molecule has 0 saturated carbocycles. The second-order valence-corrected chi connectivity index (χ2v) is 5.98. The van der Waals surface area contributed by atoms with Gasteiger partial charge in [0.25, 0.3) is 0 Å². The summed E-state index contributed by atoms with van der Waals surface area (Å²) >= 11 is 3.55. The van der Waals surface area contributed by atoms with Crippen molar-refractivity contribution in [2.45, 2.75) is 18.5 Å². The smallest absolute Gasteiger partial charge is 0.127 e. The largest absolute Gasteiger partial charge is 0.488 e. The van der Waals surface area contributed by atoms with Gasteiger partial charge in [-0.3, -0.25) is 0 Å². The number of rotatable bonds is 7. The van der Waals surface area contributed by atoms with Crippen molar-refractivity contribution in [3.8, 4) is 11.5 Å². The van der Waals surface area contributed by atoms with Crippen molar-refractivity contribution in [3.05, 3.63) is 95.6 Å². The van der Waals surface area contributed by atoms with Crippen LogP contribution in [0, 0.1) is 0 Å². The van der Waals surface area contributed by atoms with Crippen molar-refractivity contribution in [2.75, 3.05) is 0 Å². The fourth-order valence-corrected chi connectivity index (χ4v) is 2.97. The maximum Gasteiger partial charge on any atom is 0.127 e. The Hall–Kier alpha value is -2.26. The Morgan fingerprint density at radius 3 is 1.46 bits per heavy atom. The van der Waals surface area contributed by atoms with E-state index >= 15 is 0 Å². The summed E-state index contributed by atoms with van der Waals surface area (Å²) in [7, 11) is 0. The van der Waals surface area contributed by atoms with Crippen molar-refractivity contribution in [3.63, 3.8) is 0 Å². The summed E-state index contributed by atoms with van der Waals surface area (Å²) in [4.78, 5) is 0. The van der Waals surface area contributed by atoms with Gasteiger partial charge in [0.1, 0.15) is 24.7 Å². The van der Waals surface area contributed by atoms with E-state index in [1.165, 1.54) is 0 Å². The third-order valence-electron chi connectivity index (χ3n) is 3.70. The van der Waals surface area contributed by atoms with E-state index in [-0.39, 0.29) is 0 Å². The number of ether oxygens (including phenoxy) is 2. The van der Waals surface area contributed by atoms with Gasteiger partial charge in [-0.1, -0.05) is 82.7 Å². The molecule has 0 aliphatic heterocycles. The molecule has 0 N–H and O–H groups in total. The van der Waals surface area contributed by atoms with E-state index in [9.17, 15) is 0 Å². The Morgan fingerprint density at radius 1 is 0.583 bits per heavy atom. The van der Waals surface area contributed by atoms with Crippen LogP contribution in [0.3, 0.4) is 0 Å². The Bertz CT molecular complexity index is 696. The summed E-state index contributed by atoms with van der Waals surface area (Å²) < 4.78 is 12.0. The number of hydrogen-bond donors (Lipinski definition) is 0. The lowest BCUT2D eigenvalue weighted by Crippen LogP contribution is -2.01. The average Bonchev–Trinajstić information content (AvgIpc) is 2.66. The van der Waals surface area contributed by atoms with Crippen molar-refractivity contribution < 1.29 is 9.47 Å². The predicted octanol–water partition coefficient (Wildman–Crippen LogP) is 5.74. The highest BCUT2D eigenvalue weighted by Gasteiger charge is 2.10. The highest BCUT2D eigenvalue weighted by Crippen LogP contribution is 2.31. The first kappa shape index (κ1) is 16.6. The first-order valence-electron chi connectivity index (χ1n) is 7.88. The van der Waals surface area contributed by atoms with Crippen LogP contribution in [-0.2, 0) is 18.5 Å². The van der Waals surface area contributed by atoms with E-state index < -0.39 is 0 Å². The molecule has 0 amide bonds. The van der Waals surface area contributed by atoms with Gasteiger partial charge < -0.3 is 9.47 Å². The molecule has 3 rings (SSSR count). The summed E-state index contributed by atoms with van der Waals surface area (Å²) in [6.45, 7) is 1.09. The molecule has 3 heteroatoms. The maximum atomic E-state index is 6.00. The molecule has 2 nitrogen and oxygen atoms in total. The molecule has 24 heavy (non-hydrogen) atoms. The van der Waals surface area contributed by atoms with Gasteiger partial charge in [0.05, 0.1) is 0 Å². The number of alkyl halides is 1. The fourth-order valence-electron chi connectivity index (χ4n) is 2.42. The summed E-state index contributed by atoms with van der Waals surface area (Å²) in [6, 6.07) is 26.2. The Morgan fingerprint density at radius 2 is 1.04 bits per heavy atom. The van der Waals surface area contributed by atoms with Crippen LogP contribution in [0.1, 0.15) is 16.7 Å². The van der Waals surface area contributed by atoms with Gasteiger partial charge in [-0.25, -0.2) is 0 Å². The van der Waals surface area contributed by atoms with E-state index in [0.717, 1.165) is 28.2 Å². The van der Waals surface area contributed by atoms with E-state index in [1.807, 2.05) is 54.6 Å². The second kappa shape index (κ2) is 8.55. The van der Waals surface area contributed by atoms with Crippen LogP contribution in [0.2, 0.25) is 0 Å². The lowest BCUT2D eigenvalue weighted by Gasteiger charge is -2.15. The van der Waals surface area contributed by atoms with Gasteiger partial charge in [-0.2, -0.15) is 0 Å². The molecular formula is C21H19BrO2. The van der Waals surface area contributed by atoms with Crippen LogP contribution in [0.25, 0.3) is 0 Å². The van der Waals surface area contributed by atoms with Gasteiger partial charge in [0.2, 0.25) is 0 Å². The fraction of sp³-hybridized carbons (Fsp3) is 0.143. The minimum absolute atomic E-state index is 0.545. The molecule has 0 bridgehead atoms. The van der Waals surface area contributed by atoms with Crippen LogP contribution in [-0.4, -0.2) is 0 Å². The first-order valence-corrected chi connectivity index (χ1v) is 9.00. The highest BCUT2D eigenvalue weighted by molar-refractivity contribution is 9.08. The zero-order chi connectivity index (χ0) is 16.6. The molecule has 0 spiro atoms. The molecule has 0 fully saturated rings. The van der Waals surface area contributed by atoms with Crippen LogP contribution >= 0.6 is 15.9 Å². The van der Waals surface area contributed by atoms with Crippen LogP contribution in [0.4, 0.5) is 0 Å². The van der Waals surface area contributed by atoms with Crippen molar-refractivity contribution in [2.24, 2.45) is 0 Å². The van der Waals surface area contributed by atoms with E-state index in [4.69, 9.17) is 9.47 Å². The minimum Gasteiger partial charge on any atom is -0.488 e. The highest BCUT2D eigenvalue weighted by atomic mass is 79.9. The Labute approximate surface area is 151 Å². The number of benzene rings is 3. The molecular weight excluding hydrogens is 364 g/mol. The summed E-state index contributed by atoms with van der Waals surface area (Å²) in [5.74, 6) is 1.70. The third-order valence-corrected chi connectivity index (χ3v) is 4.26. The normalized spacial score (nSPS) is 10.4. The van der Waals surface area contributed by atoms with Crippen molar-refractivity contribution >= 4 is 15.9 Å². The van der Waals surface area contributed by atoms with Crippen LogP contribution < -0.4 is 9.47 Å². The first-order chi connectivity index (χ1) is 11.9. The lowest BCUT2D eigenvalue weighted by molar-refractivity contribution is 0.286. The average molecular weight is 383 g/mol. The third kappa shape index (κ3) is 4.39. The van der Waals surface area contributed by atoms with E-state index in [0.29, 0.717) is 18.5 Å². The molecule has 122 valence electrons. The lowest BCUT2D eigenvalue weighted by atomic mass is 10.2. The monoisotopic (exact) mass is 382 g/mol. The zero-order valence-corrected chi connectivity index (χ0v) is 14.9. The van der Waals surface area contributed by atoms with Gasteiger partial charge in [0.15, 0.2) is 0 Å². The summed E-state index contributed by atoms with van der Waals surface area (Å²) in [5.41, 5.74) is 3.33. The number of halogens is 1. The summed E-state index contributed by atoms with van der Waals surface area (Å²) in [6.07, 6.45) is 0. The standard InChI is InChI=1S/C21H19BrO2/c22-14-19-20(23-15-17-8-3-1-4-9-17)12-7-13-21(19)24-16-18-10-5-2-6-11-18/h1-13H,14-16H2. The molecule has 0 atom stereocenters. The molecule has 0 aliphatic carbocycles. The van der Waals surface area contributed by atoms with E-state index in [2.05, 4.69) is 40.2 Å². The SMILES string of the molecule is BrCc1c(OCc2ccccc2)cccc1OCc1ccccc1. The van der Waals surface area contributed by atoms with Crippen LogP contribution in [0.15, 0.2) is 78.9 Å². The summed E-state index contributed by atoms with van der Waals surface area (Å²) in [5, 5.41) is 0.683. The predicted molar refractivity (Wildman–Crippen MR) is 101 cm³/mol. The van der Waals surface area contributed by atoms with Crippen LogP contribution in [0.5, 0.6) is 11.5 Å². The Balaban J connectivity index is 1.71. The minimum atomic E-state index is 0.545. The van der Waals surface area contributed by atoms with Gasteiger partial charge in [-0.05, 0) is 23.3 Å². The Kier molecular flexibility index (Phi) is 5.91. The zero-order valence-electron chi connectivity index (χ0n) is 13.3. The molecule has 0 aliphatic rings. The topological polar surface area (TPSA) is 18.5 Å². The van der Waals surface area contributed by atoms with Gasteiger partial charge in [0, 0.05) is 10.9 Å². The van der Waals surface area contributed by atoms with Crippen molar-refractivity contribution in [1.82, 2.24) is 0 Å². The van der Waals surface area contributed by atoms with Crippen molar-refractivity contribution in [1.29, 1.82) is 0 Å². The second-order valence-electron chi connectivity index (χ2n) is 5.42.